The van der Waals surface area contributed by atoms with Crippen LogP contribution in [0.2, 0.25) is 0 Å². The van der Waals surface area contributed by atoms with E-state index in [0.29, 0.717) is 0 Å². The molecule has 1 heterocycles. The number of nitrogens with one attached hydrogen (secondary N) is 1. The van der Waals surface area contributed by atoms with Gasteiger partial charge in [0.1, 0.15) is 5.60 Å². The third-order valence-corrected chi connectivity index (χ3v) is 2.30. The molecule has 0 fully saturated rings. The molecular weight excluding hydrogens is 276 g/mol. The van der Waals surface area contributed by atoms with Crippen LogP contribution in [0.15, 0.2) is 22.6 Å². The molecule has 0 saturated carbocycles. The fourth-order valence-corrected chi connectivity index (χ4v) is 1.52. The van der Waals surface area contributed by atoms with Gasteiger partial charge in [-0.3, -0.25) is 10.1 Å². The fourth-order valence-electron chi connectivity index (χ4n) is 1.52. The number of nitrogens with zero attached hydrogens (tertiary/aromatic N) is 2. The Morgan fingerprint density at radius 1 is 1.38 bits per heavy atom. The van der Waals surface area contributed by atoms with Gasteiger partial charge in [-0.15, -0.1) is 0 Å². The van der Waals surface area contributed by atoms with Crippen molar-refractivity contribution in [2.75, 3.05) is 11.1 Å². The number of ether oxygens (including phenoxy) is 1. The number of aromatic nitrogens is 2. The van der Waals surface area contributed by atoms with Gasteiger partial charge in [0.15, 0.2) is 11.5 Å². The van der Waals surface area contributed by atoms with Crippen LogP contribution in [0.3, 0.4) is 0 Å². The van der Waals surface area contributed by atoms with Gasteiger partial charge in [-0.25, -0.2) is 0 Å². The van der Waals surface area contributed by atoms with E-state index in [4.69, 9.17) is 14.9 Å². The number of hydrogen-bond acceptors (Lipinski definition) is 7. The SMILES string of the molecule is CC(C)(C)Oc1cc(C(=O)Nc2nnc(N)o2)ccc1O. The highest BCUT2D eigenvalue weighted by Gasteiger charge is 2.17. The maximum Gasteiger partial charge on any atom is 0.323 e. The molecule has 8 nitrogen and oxygen atoms in total. The molecule has 2 rings (SSSR count). The highest BCUT2D eigenvalue weighted by Crippen LogP contribution is 2.30. The minimum Gasteiger partial charge on any atom is -0.504 e. The molecule has 0 bridgehead atoms. The Labute approximate surface area is 120 Å². The lowest BCUT2D eigenvalue weighted by Crippen LogP contribution is -2.23. The van der Waals surface area contributed by atoms with Crippen molar-refractivity contribution in [1.82, 2.24) is 10.2 Å². The molecule has 0 atom stereocenters. The molecule has 4 N–H and O–H groups in total. The number of anilines is 2. The number of benzene rings is 1. The van der Waals surface area contributed by atoms with E-state index < -0.39 is 11.5 Å². The van der Waals surface area contributed by atoms with Crippen LogP contribution < -0.4 is 15.8 Å². The van der Waals surface area contributed by atoms with Crippen LogP contribution in [0, 0.1) is 0 Å². The van der Waals surface area contributed by atoms with Gasteiger partial charge in [-0.05, 0) is 39.0 Å². The number of nitrogens with two attached hydrogens (primary N) is 1. The van der Waals surface area contributed by atoms with E-state index in [-0.39, 0.29) is 29.1 Å². The molecule has 0 unspecified atom stereocenters. The number of rotatable bonds is 3. The van der Waals surface area contributed by atoms with Crippen molar-refractivity contribution >= 4 is 17.9 Å². The molecule has 112 valence electrons. The Morgan fingerprint density at radius 3 is 2.67 bits per heavy atom. The molecule has 0 spiro atoms. The molecule has 0 aliphatic rings. The first-order chi connectivity index (χ1) is 9.74. The number of carbonyl (C=O) groups excluding carboxylic acids is 1. The maximum atomic E-state index is 12.0. The van der Waals surface area contributed by atoms with E-state index in [0.717, 1.165) is 0 Å². The molecule has 1 aromatic heterocycles. The summed E-state index contributed by atoms with van der Waals surface area (Å²) in [6, 6.07) is 3.99. The molecule has 0 aliphatic carbocycles. The quantitative estimate of drug-likeness (QED) is 0.787. The van der Waals surface area contributed by atoms with Crippen molar-refractivity contribution in [3.05, 3.63) is 23.8 Å². The molecular formula is C13H16N4O4. The molecule has 0 radical (unpaired) electrons. The molecule has 1 aromatic carbocycles. The van der Waals surface area contributed by atoms with Gasteiger partial charge < -0.3 is 20.0 Å². The Balaban J connectivity index is 2.19. The minimum absolute atomic E-state index is 0.0523. The summed E-state index contributed by atoms with van der Waals surface area (Å²) in [6.45, 7) is 5.50. The first-order valence-corrected chi connectivity index (χ1v) is 6.17. The summed E-state index contributed by atoms with van der Waals surface area (Å²) in [6.07, 6.45) is 0. The number of amides is 1. The Kier molecular flexibility index (Phi) is 3.70. The largest absolute Gasteiger partial charge is 0.504 e. The summed E-state index contributed by atoms with van der Waals surface area (Å²) in [5.74, 6) is -0.332. The zero-order valence-corrected chi connectivity index (χ0v) is 11.9. The lowest BCUT2D eigenvalue weighted by Gasteiger charge is -2.22. The summed E-state index contributed by atoms with van der Waals surface area (Å²) in [7, 11) is 0. The number of hydrogen-bond donors (Lipinski definition) is 3. The lowest BCUT2D eigenvalue weighted by atomic mass is 10.1. The minimum atomic E-state index is -0.506. The summed E-state index contributed by atoms with van der Waals surface area (Å²) >= 11 is 0. The van der Waals surface area contributed by atoms with E-state index in [9.17, 15) is 9.90 Å². The Morgan fingerprint density at radius 2 is 2.10 bits per heavy atom. The average molecular weight is 292 g/mol. The normalized spacial score (nSPS) is 11.2. The van der Waals surface area contributed by atoms with Gasteiger partial charge in [-0.1, -0.05) is 10.2 Å². The van der Waals surface area contributed by atoms with Crippen molar-refractivity contribution in [2.24, 2.45) is 0 Å². The monoisotopic (exact) mass is 292 g/mol. The number of phenolic OH excluding ortho intramolecular Hbond substituents is 1. The summed E-state index contributed by atoms with van der Waals surface area (Å²) in [4.78, 5) is 12.0. The molecule has 2 aromatic rings. The summed E-state index contributed by atoms with van der Waals surface area (Å²) < 4.78 is 10.4. The second-order valence-electron chi connectivity index (χ2n) is 5.30. The van der Waals surface area contributed by atoms with Crippen molar-refractivity contribution < 1.29 is 19.1 Å². The second kappa shape index (κ2) is 5.31. The van der Waals surface area contributed by atoms with Crippen LogP contribution >= 0.6 is 0 Å². The van der Waals surface area contributed by atoms with Crippen LogP contribution in [0.5, 0.6) is 11.5 Å². The number of carbonyl (C=O) groups is 1. The summed E-state index contributed by atoms with van der Waals surface area (Å²) in [5, 5.41) is 19.1. The fraction of sp³-hybridized carbons (Fsp3) is 0.308. The van der Waals surface area contributed by atoms with Gasteiger partial charge in [0, 0.05) is 5.56 Å². The van der Waals surface area contributed by atoms with Gasteiger partial charge in [0.05, 0.1) is 0 Å². The number of phenols is 1. The third-order valence-electron chi connectivity index (χ3n) is 2.30. The van der Waals surface area contributed by atoms with Crippen LogP contribution in [-0.4, -0.2) is 26.8 Å². The van der Waals surface area contributed by atoms with Crippen molar-refractivity contribution in [3.63, 3.8) is 0 Å². The second-order valence-corrected chi connectivity index (χ2v) is 5.30. The number of nitrogen functional groups attached to an aromatic ring is 1. The van der Waals surface area contributed by atoms with Gasteiger partial charge >= 0.3 is 12.0 Å². The predicted molar refractivity (Wildman–Crippen MR) is 75.2 cm³/mol. The maximum absolute atomic E-state index is 12.0. The molecule has 0 aliphatic heterocycles. The van der Waals surface area contributed by atoms with E-state index in [1.54, 1.807) is 0 Å². The molecule has 8 heteroatoms. The Hall–Kier alpha value is -2.77. The zero-order chi connectivity index (χ0) is 15.6. The van der Waals surface area contributed by atoms with Crippen molar-refractivity contribution in [3.8, 4) is 11.5 Å². The topological polar surface area (TPSA) is 124 Å². The van der Waals surface area contributed by atoms with Crippen LogP contribution in [0.1, 0.15) is 31.1 Å². The van der Waals surface area contributed by atoms with Crippen LogP contribution in [0.4, 0.5) is 12.0 Å². The average Bonchev–Trinajstić information content (AvgIpc) is 2.75. The zero-order valence-electron chi connectivity index (χ0n) is 11.9. The molecule has 1 amide bonds. The van der Waals surface area contributed by atoms with Gasteiger partial charge in [0.25, 0.3) is 5.91 Å². The van der Waals surface area contributed by atoms with E-state index in [1.165, 1.54) is 18.2 Å². The smallest absolute Gasteiger partial charge is 0.323 e. The predicted octanol–water partition coefficient (Wildman–Crippen LogP) is 1.79. The van der Waals surface area contributed by atoms with Crippen molar-refractivity contribution in [2.45, 2.75) is 26.4 Å². The molecule has 21 heavy (non-hydrogen) atoms. The summed E-state index contributed by atoms with van der Waals surface area (Å²) in [5.41, 5.74) is 5.02. The molecule has 0 saturated heterocycles. The number of aromatic hydroxyl groups is 1. The standard InChI is InChI=1S/C13H16N4O4/c1-13(2,3)21-9-6-7(4-5-8(9)18)10(19)15-12-17-16-11(14)20-12/h4-6,18H,1-3H3,(H2,14,16)(H,15,17,19). The van der Waals surface area contributed by atoms with Crippen molar-refractivity contribution in [1.29, 1.82) is 0 Å². The third kappa shape index (κ3) is 3.85. The first kappa shape index (κ1) is 14.6. The van der Waals surface area contributed by atoms with Crippen LogP contribution in [0.25, 0.3) is 0 Å². The van der Waals surface area contributed by atoms with Crippen LogP contribution in [-0.2, 0) is 0 Å². The first-order valence-electron chi connectivity index (χ1n) is 6.17. The lowest BCUT2D eigenvalue weighted by molar-refractivity contribution is 0.101. The van der Waals surface area contributed by atoms with E-state index >= 15 is 0 Å². The van der Waals surface area contributed by atoms with Gasteiger partial charge in [0.2, 0.25) is 0 Å². The highest BCUT2D eigenvalue weighted by molar-refractivity contribution is 6.03. The Bertz CT molecular complexity index is 660. The van der Waals surface area contributed by atoms with E-state index in [2.05, 4.69) is 15.5 Å². The van der Waals surface area contributed by atoms with Gasteiger partial charge in [-0.2, -0.15) is 0 Å². The highest BCUT2D eigenvalue weighted by atomic mass is 16.5. The van der Waals surface area contributed by atoms with E-state index in [1.807, 2.05) is 20.8 Å².